The fourth-order valence-corrected chi connectivity index (χ4v) is 4.06. The smallest absolute Gasteiger partial charge is 0.191 e. The lowest BCUT2D eigenvalue weighted by molar-refractivity contribution is 0.610. The molecule has 3 aromatic rings. The van der Waals surface area contributed by atoms with Crippen LogP contribution in [0.1, 0.15) is 40.3 Å². The topological polar surface area (TPSA) is 67.1 Å². The Morgan fingerprint density at radius 2 is 2.00 bits per heavy atom. The largest absolute Gasteiger partial charge is 0.357 e. The fraction of sp³-hybridized carbons (Fsp3) is 0.409. The van der Waals surface area contributed by atoms with Crippen molar-refractivity contribution in [3.05, 3.63) is 69.7 Å². The maximum atomic E-state index is 4.73. The van der Waals surface area contributed by atoms with E-state index in [1.807, 2.05) is 19.3 Å². The second-order valence-electron chi connectivity index (χ2n) is 6.92. The molecule has 0 radical (unpaired) electrons. The molecule has 2 N–H and O–H groups in total. The first-order valence-electron chi connectivity index (χ1n) is 10.1. The summed E-state index contributed by atoms with van der Waals surface area (Å²) in [4.78, 5) is 15.0. The molecule has 154 valence electrons. The molecule has 1 aromatic carbocycles. The SMILES string of the molecule is CCNC(=NCc1nccn1CCCc1ccccc1)NCc1sc(C)nc1C. The predicted octanol–water partition coefficient (Wildman–Crippen LogP) is 3.84. The molecule has 0 bridgehead atoms. The number of guanidine groups is 1. The van der Waals surface area contributed by atoms with E-state index >= 15 is 0 Å². The highest BCUT2D eigenvalue weighted by Gasteiger charge is 2.07. The Hall–Kier alpha value is -2.67. The summed E-state index contributed by atoms with van der Waals surface area (Å²) in [6.45, 7) is 9.21. The lowest BCUT2D eigenvalue weighted by Gasteiger charge is -2.11. The molecule has 0 fully saturated rings. The summed E-state index contributed by atoms with van der Waals surface area (Å²) in [6, 6.07) is 10.6. The molecule has 0 amide bonds. The number of aliphatic imine (C=N–C) groups is 1. The summed E-state index contributed by atoms with van der Waals surface area (Å²) in [6.07, 6.45) is 6.05. The molecule has 0 aliphatic rings. The van der Waals surface area contributed by atoms with Crippen molar-refractivity contribution in [2.75, 3.05) is 6.54 Å². The number of hydrogen-bond donors (Lipinski definition) is 2. The molecule has 29 heavy (non-hydrogen) atoms. The van der Waals surface area contributed by atoms with Gasteiger partial charge in [0.15, 0.2) is 5.96 Å². The Labute approximate surface area is 177 Å². The third-order valence-electron chi connectivity index (χ3n) is 4.65. The van der Waals surface area contributed by atoms with E-state index in [0.29, 0.717) is 6.54 Å². The van der Waals surface area contributed by atoms with Crippen molar-refractivity contribution in [1.82, 2.24) is 25.2 Å². The van der Waals surface area contributed by atoms with E-state index in [1.54, 1.807) is 11.3 Å². The highest BCUT2D eigenvalue weighted by Crippen LogP contribution is 2.16. The molecule has 2 heterocycles. The van der Waals surface area contributed by atoms with E-state index in [2.05, 4.69) is 69.3 Å². The van der Waals surface area contributed by atoms with Gasteiger partial charge in [-0.15, -0.1) is 11.3 Å². The monoisotopic (exact) mass is 410 g/mol. The van der Waals surface area contributed by atoms with Gasteiger partial charge in [-0.1, -0.05) is 30.3 Å². The molecular weight excluding hydrogens is 380 g/mol. The zero-order valence-electron chi connectivity index (χ0n) is 17.5. The highest BCUT2D eigenvalue weighted by molar-refractivity contribution is 7.11. The van der Waals surface area contributed by atoms with Gasteiger partial charge in [0.2, 0.25) is 0 Å². The maximum absolute atomic E-state index is 4.73. The van der Waals surface area contributed by atoms with Gasteiger partial charge in [-0.2, -0.15) is 0 Å². The summed E-state index contributed by atoms with van der Waals surface area (Å²) in [5.41, 5.74) is 2.46. The van der Waals surface area contributed by atoms with E-state index in [4.69, 9.17) is 4.99 Å². The van der Waals surface area contributed by atoms with Crippen LogP contribution >= 0.6 is 11.3 Å². The summed E-state index contributed by atoms with van der Waals surface area (Å²) in [7, 11) is 0. The first-order chi connectivity index (χ1) is 14.2. The Morgan fingerprint density at radius 1 is 1.17 bits per heavy atom. The molecule has 0 unspecified atom stereocenters. The van der Waals surface area contributed by atoms with Gasteiger partial charge in [0.05, 0.1) is 17.2 Å². The van der Waals surface area contributed by atoms with Gasteiger partial charge in [-0.3, -0.25) is 0 Å². The van der Waals surface area contributed by atoms with Gasteiger partial charge in [0.1, 0.15) is 12.4 Å². The average Bonchev–Trinajstić information content (AvgIpc) is 3.30. The van der Waals surface area contributed by atoms with Gasteiger partial charge in [0, 0.05) is 30.4 Å². The van der Waals surface area contributed by atoms with Crippen molar-refractivity contribution in [2.45, 2.75) is 53.2 Å². The number of aryl methyl sites for hydroxylation is 4. The van der Waals surface area contributed by atoms with Gasteiger partial charge in [-0.25, -0.2) is 15.0 Å². The van der Waals surface area contributed by atoms with Crippen molar-refractivity contribution in [3.63, 3.8) is 0 Å². The first kappa shape index (κ1) is 21.0. The van der Waals surface area contributed by atoms with E-state index < -0.39 is 0 Å². The van der Waals surface area contributed by atoms with E-state index in [9.17, 15) is 0 Å². The minimum Gasteiger partial charge on any atom is -0.357 e. The van der Waals surface area contributed by atoms with Crippen LogP contribution < -0.4 is 10.6 Å². The van der Waals surface area contributed by atoms with Crippen LogP contribution in [0, 0.1) is 13.8 Å². The molecule has 3 rings (SSSR count). The summed E-state index contributed by atoms with van der Waals surface area (Å²) >= 11 is 1.73. The fourth-order valence-electron chi connectivity index (χ4n) is 3.19. The van der Waals surface area contributed by atoms with Crippen molar-refractivity contribution >= 4 is 17.3 Å². The van der Waals surface area contributed by atoms with Gasteiger partial charge in [0.25, 0.3) is 0 Å². The molecule has 0 saturated heterocycles. The minimum absolute atomic E-state index is 0.550. The van der Waals surface area contributed by atoms with Crippen LogP contribution in [0.5, 0.6) is 0 Å². The molecule has 0 saturated carbocycles. The van der Waals surface area contributed by atoms with Crippen LogP contribution in [0.25, 0.3) is 0 Å². The van der Waals surface area contributed by atoms with E-state index in [-0.39, 0.29) is 0 Å². The summed E-state index contributed by atoms with van der Waals surface area (Å²) in [5, 5.41) is 7.82. The number of thiazole rings is 1. The molecular formula is C22H30N6S. The number of rotatable bonds is 9. The first-order valence-corrected chi connectivity index (χ1v) is 11.0. The molecule has 0 spiro atoms. The van der Waals surface area contributed by atoms with Crippen LogP contribution in [0.15, 0.2) is 47.7 Å². The van der Waals surface area contributed by atoms with Crippen molar-refractivity contribution in [3.8, 4) is 0 Å². The molecule has 0 aliphatic heterocycles. The van der Waals surface area contributed by atoms with E-state index in [1.165, 1.54) is 10.4 Å². The quantitative estimate of drug-likeness (QED) is 0.415. The maximum Gasteiger partial charge on any atom is 0.191 e. The predicted molar refractivity (Wildman–Crippen MR) is 120 cm³/mol. The third-order valence-corrected chi connectivity index (χ3v) is 5.72. The van der Waals surface area contributed by atoms with Crippen molar-refractivity contribution in [1.29, 1.82) is 0 Å². The Kier molecular flexibility index (Phi) is 7.81. The Morgan fingerprint density at radius 3 is 2.72 bits per heavy atom. The number of nitrogens with one attached hydrogen (secondary N) is 2. The molecule has 6 nitrogen and oxygen atoms in total. The lowest BCUT2D eigenvalue weighted by Crippen LogP contribution is -2.36. The standard InChI is InChI=1S/C22H30N6S/c1-4-23-22(25-15-20-17(2)27-18(3)29-20)26-16-21-24-12-14-28(21)13-8-11-19-9-6-5-7-10-19/h5-7,9-10,12,14H,4,8,11,13,15-16H2,1-3H3,(H2,23,25,26). The third kappa shape index (κ3) is 6.42. The number of benzene rings is 1. The molecule has 2 aromatic heterocycles. The number of imidazole rings is 1. The zero-order chi connectivity index (χ0) is 20.5. The normalized spacial score (nSPS) is 11.6. The molecule has 0 aliphatic carbocycles. The number of nitrogens with zero attached hydrogens (tertiary/aromatic N) is 4. The Balaban J connectivity index is 1.55. The number of aromatic nitrogens is 3. The summed E-state index contributed by atoms with van der Waals surface area (Å²) < 4.78 is 2.20. The molecule has 0 atom stereocenters. The average molecular weight is 411 g/mol. The van der Waals surface area contributed by atoms with Crippen LogP contribution in [0.3, 0.4) is 0 Å². The number of hydrogen-bond acceptors (Lipinski definition) is 4. The minimum atomic E-state index is 0.550. The van der Waals surface area contributed by atoms with Crippen molar-refractivity contribution in [2.24, 2.45) is 4.99 Å². The Bertz CT molecular complexity index is 913. The second kappa shape index (κ2) is 10.8. The van der Waals surface area contributed by atoms with Crippen LogP contribution in [0.4, 0.5) is 0 Å². The van der Waals surface area contributed by atoms with Crippen LogP contribution in [-0.4, -0.2) is 27.0 Å². The molecule has 7 heteroatoms. The van der Waals surface area contributed by atoms with E-state index in [0.717, 1.165) is 55.0 Å². The second-order valence-corrected chi connectivity index (χ2v) is 8.20. The van der Waals surface area contributed by atoms with Gasteiger partial charge in [-0.05, 0) is 39.2 Å². The highest BCUT2D eigenvalue weighted by atomic mass is 32.1. The lowest BCUT2D eigenvalue weighted by atomic mass is 10.1. The van der Waals surface area contributed by atoms with Crippen LogP contribution in [-0.2, 0) is 26.1 Å². The van der Waals surface area contributed by atoms with Crippen LogP contribution in [0.2, 0.25) is 0 Å². The summed E-state index contributed by atoms with van der Waals surface area (Å²) in [5.74, 6) is 1.79. The van der Waals surface area contributed by atoms with Gasteiger partial charge < -0.3 is 15.2 Å². The van der Waals surface area contributed by atoms with Crippen molar-refractivity contribution < 1.29 is 0 Å². The zero-order valence-corrected chi connectivity index (χ0v) is 18.3. The van der Waals surface area contributed by atoms with Gasteiger partial charge >= 0.3 is 0 Å².